The van der Waals surface area contributed by atoms with Crippen molar-refractivity contribution in [1.82, 2.24) is 0 Å². The second-order valence-electron chi connectivity index (χ2n) is 5.41. The molecule has 0 aromatic heterocycles. The zero-order valence-corrected chi connectivity index (χ0v) is 14.8. The highest BCUT2D eigenvalue weighted by Gasteiger charge is 2.28. The first-order valence-corrected chi connectivity index (χ1v) is 10.7. The molecule has 1 N–H and O–H groups in total. The smallest absolute Gasteiger partial charge is 0.255 e. The van der Waals surface area contributed by atoms with Gasteiger partial charge in [-0.05, 0) is 24.3 Å². The van der Waals surface area contributed by atoms with E-state index in [9.17, 15) is 17.4 Å². The first-order chi connectivity index (χ1) is 11.9. The number of rotatable bonds is 4. The van der Waals surface area contributed by atoms with Crippen LogP contribution < -0.4 is 5.32 Å². The number of fused-ring (bicyclic) bond motifs is 2. The molecule has 0 saturated heterocycles. The molecule has 3 rings (SSSR count). The van der Waals surface area contributed by atoms with E-state index in [-0.39, 0.29) is 6.42 Å². The summed E-state index contributed by atoms with van der Waals surface area (Å²) in [5.74, 6) is -1.13. The van der Waals surface area contributed by atoms with E-state index in [2.05, 4.69) is 16.3 Å². The monoisotopic (exact) mass is 376 g/mol. The maximum absolute atomic E-state index is 13.7. The summed E-state index contributed by atoms with van der Waals surface area (Å²) in [5, 5.41) is 3.98. The number of sulfone groups is 1. The number of hydrogen-bond donors (Lipinski definition) is 1. The van der Waals surface area contributed by atoms with Crippen LogP contribution in [0.2, 0.25) is 0 Å². The van der Waals surface area contributed by atoms with Crippen LogP contribution in [0, 0.1) is 0 Å². The van der Waals surface area contributed by atoms with E-state index in [1.807, 2.05) is 0 Å². The molecule has 8 heteroatoms. The quantitative estimate of drug-likeness (QED) is 0.755. The first kappa shape index (κ1) is 17.4. The molecule has 25 heavy (non-hydrogen) atoms. The van der Waals surface area contributed by atoms with E-state index < -0.39 is 31.2 Å². The van der Waals surface area contributed by atoms with Crippen LogP contribution in [-0.2, 0) is 24.4 Å². The van der Waals surface area contributed by atoms with E-state index in [1.165, 1.54) is 0 Å². The molecule has 0 aliphatic carbocycles. The van der Waals surface area contributed by atoms with Gasteiger partial charge in [0, 0.05) is 11.8 Å². The van der Waals surface area contributed by atoms with Gasteiger partial charge in [0.25, 0.3) is 5.91 Å². The van der Waals surface area contributed by atoms with Gasteiger partial charge in [0.2, 0.25) is 0 Å². The SMILES string of the molecule is C=CS(=O)(=O)CCC(=O)N=S1(=O)c2ccccc2Nc2ccccc21. The summed E-state index contributed by atoms with van der Waals surface area (Å²) in [6.07, 6.45) is -0.344. The summed E-state index contributed by atoms with van der Waals surface area (Å²) in [7, 11) is -6.71. The molecule has 0 spiro atoms. The van der Waals surface area contributed by atoms with Crippen molar-refractivity contribution in [2.75, 3.05) is 11.1 Å². The van der Waals surface area contributed by atoms with Crippen molar-refractivity contribution in [3.8, 4) is 0 Å². The Morgan fingerprint density at radius 3 is 2.12 bits per heavy atom. The van der Waals surface area contributed by atoms with Crippen LogP contribution in [0.15, 0.2) is 74.7 Å². The maximum atomic E-state index is 13.7. The fraction of sp³-hybridized carbons (Fsp3) is 0.118. The Morgan fingerprint density at radius 1 is 1.08 bits per heavy atom. The Labute approximate surface area is 146 Å². The van der Waals surface area contributed by atoms with E-state index in [4.69, 9.17) is 0 Å². The van der Waals surface area contributed by atoms with Crippen molar-refractivity contribution in [1.29, 1.82) is 0 Å². The van der Waals surface area contributed by atoms with E-state index in [0.717, 1.165) is 5.41 Å². The minimum absolute atomic E-state index is 0.344. The Hall–Kier alpha value is -2.45. The van der Waals surface area contributed by atoms with Gasteiger partial charge in [0.1, 0.15) is 9.73 Å². The third-order valence-corrected chi connectivity index (χ3v) is 7.37. The van der Waals surface area contributed by atoms with Crippen LogP contribution in [0.5, 0.6) is 0 Å². The van der Waals surface area contributed by atoms with Crippen LogP contribution in [0.3, 0.4) is 0 Å². The van der Waals surface area contributed by atoms with Gasteiger partial charge in [-0.2, -0.15) is 4.36 Å². The molecule has 0 unspecified atom stereocenters. The molecule has 1 aliphatic heterocycles. The van der Waals surface area contributed by atoms with E-state index >= 15 is 0 Å². The minimum atomic E-state index is -3.52. The van der Waals surface area contributed by atoms with Crippen LogP contribution >= 0.6 is 0 Å². The molecule has 0 atom stereocenters. The molecule has 1 heterocycles. The van der Waals surface area contributed by atoms with Gasteiger partial charge < -0.3 is 5.32 Å². The second-order valence-corrected chi connectivity index (χ2v) is 9.59. The summed E-state index contributed by atoms with van der Waals surface area (Å²) in [4.78, 5) is 13.1. The first-order valence-electron chi connectivity index (χ1n) is 7.46. The number of benzene rings is 2. The van der Waals surface area contributed by atoms with Crippen molar-refractivity contribution in [2.45, 2.75) is 16.2 Å². The molecule has 0 bridgehead atoms. The second kappa shape index (κ2) is 6.45. The van der Waals surface area contributed by atoms with Crippen LogP contribution in [0.4, 0.5) is 11.4 Å². The highest BCUT2D eigenvalue weighted by molar-refractivity contribution is 7.94. The topological polar surface area (TPSA) is 92.7 Å². The predicted molar refractivity (Wildman–Crippen MR) is 96.9 cm³/mol. The van der Waals surface area contributed by atoms with Gasteiger partial charge in [0.05, 0.1) is 26.9 Å². The molecule has 6 nitrogen and oxygen atoms in total. The lowest BCUT2D eigenvalue weighted by molar-refractivity contribution is -0.117. The number of amides is 1. The normalized spacial score (nSPS) is 14.6. The number of anilines is 2. The van der Waals surface area contributed by atoms with Crippen molar-refractivity contribution in [3.05, 3.63) is 60.5 Å². The van der Waals surface area contributed by atoms with Gasteiger partial charge in [-0.25, -0.2) is 12.6 Å². The summed E-state index contributed by atoms with van der Waals surface area (Å²) in [5.41, 5.74) is 1.22. The summed E-state index contributed by atoms with van der Waals surface area (Å²) < 4.78 is 40.6. The van der Waals surface area contributed by atoms with E-state index in [0.29, 0.717) is 21.2 Å². The number of nitrogens with zero attached hydrogens (tertiary/aromatic N) is 1. The van der Waals surface area contributed by atoms with Gasteiger partial charge >= 0.3 is 0 Å². The van der Waals surface area contributed by atoms with Crippen LogP contribution in [0.1, 0.15) is 6.42 Å². The van der Waals surface area contributed by atoms with Crippen molar-refractivity contribution < 1.29 is 17.4 Å². The number of nitrogens with one attached hydrogen (secondary N) is 1. The number of carbonyl (C=O) groups excluding carboxylic acids is 1. The largest absolute Gasteiger partial charge is 0.353 e. The van der Waals surface area contributed by atoms with Gasteiger partial charge in [0.15, 0.2) is 9.84 Å². The zero-order chi connectivity index (χ0) is 18.1. The Kier molecular flexibility index (Phi) is 4.49. The standard InChI is InChI=1S/C17H16N2O4S2/c1-2-24(21,22)12-11-17(20)19-25(23)15-9-5-3-7-13(15)18-14-8-4-6-10-16(14)25/h2-10,18H,1,11-12H2. The fourth-order valence-corrected chi connectivity index (χ4v) is 5.28. The lowest BCUT2D eigenvalue weighted by Crippen LogP contribution is -2.16. The van der Waals surface area contributed by atoms with Crippen LogP contribution in [-0.4, -0.2) is 24.3 Å². The Bertz CT molecular complexity index is 1030. The predicted octanol–water partition coefficient (Wildman–Crippen LogP) is 3.10. The molecule has 1 aliphatic rings. The van der Waals surface area contributed by atoms with Crippen LogP contribution in [0.25, 0.3) is 0 Å². The highest BCUT2D eigenvalue weighted by Crippen LogP contribution is 2.40. The maximum Gasteiger partial charge on any atom is 0.255 e. The van der Waals surface area contributed by atoms with Crippen molar-refractivity contribution >= 4 is 36.8 Å². The van der Waals surface area contributed by atoms with E-state index in [1.54, 1.807) is 48.5 Å². The lowest BCUT2D eigenvalue weighted by atomic mass is 10.2. The average molecular weight is 376 g/mol. The van der Waals surface area contributed by atoms with Gasteiger partial charge in [-0.15, -0.1) is 0 Å². The Morgan fingerprint density at radius 2 is 1.60 bits per heavy atom. The average Bonchev–Trinajstić information content (AvgIpc) is 2.60. The summed E-state index contributed by atoms with van der Waals surface area (Å²) >= 11 is 0. The molecule has 1 amide bonds. The summed E-state index contributed by atoms with van der Waals surface area (Å²) in [6, 6.07) is 13.8. The zero-order valence-electron chi connectivity index (χ0n) is 13.2. The number of hydrogen-bond acceptors (Lipinski definition) is 5. The molecule has 2 aromatic rings. The molecule has 2 aromatic carbocycles. The van der Waals surface area contributed by atoms with Crippen molar-refractivity contribution in [2.24, 2.45) is 4.36 Å². The molecular weight excluding hydrogens is 360 g/mol. The fourth-order valence-electron chi connectivity index (χ4n) is 2.49. The number of para-hydroxylation sites is 2. The highest BCUT2D eigenvalue weighted by atomic mass is 32.2. The molecule has 130 valence electrons. The molecule has 0 fully saturated rings. The Balaban J connectivity index is 2.09. The lowest BCUT2D eigenvalue weighted by Gasteiger charge is -2.24. The third-order valence-electron chi connectivity index (χ3n) is 3.72. The van der Waals surface area contributed by atoms with Gasteiger partial charge in [-0.3, -0.25) is 4.79 Å². The molecular formula is C17H16N2O4S2. The van der Waals surface area contributed by atoms with Gasteiger partial charge in [-0.1, -0.05) is 30.8 Å². The molecule has 0 saturated carbocycles. The third kappa shape index (κ3) is 3.35. The molecule has 0 radical (unpaired) electrons. The minimum Gasteiger partial charge on any atom is -0.353 e. The number of carbonyl (C=O) groups is 1. The summed E-state index contributed by atoms with van der Waals surface area (Å²) in [6.45, 7) is 3.20. The van der Waals surface area contributed by atoms with Crippen molar-refractivity contribution in [3.63, 3.8) is 0 Å².